The van der Waals surface area contributed by atoms with E-state index in [0.717, 1.165) is 5.69 Å². The summed E-state index contributed by atoms with van der Waals surface area (Å²) in [6, 6.07) is 7.95. The van der Waals surface area contributed by atoms with Crippen molar-refractivity contribution >= 4 is 0 Å². The van der Waals surface area contributed by atoms with Gasteiger partial charge in [-0.25, -0.2) is 4.39 Å². The molecule has 0 aliphatic carbocycles. The van der Waals surface area contributed by atoms with E-state index in [9.17, 15) is 9.50 Å². The van der Waals surface area contributed by atoms with Crippen LogP contribution in [0.2, 0.25) is 0 Å². The smallest absolute Gasteiger partial charge is 0.168 e. The van der Waals surface area contributed by atoms with E-state index >= 15 is 0 Å². The van der Waals surface area contributed by atoms with E-state index < -0.39 is 11.9 Å². The largest absolute Gasteiger partial charge is 0.452 e. The van der Waals surface area contributed by atoms with E-state index in [1.807, 2.05) is 6.92 Å². The zero-order valence-corrected chi connectivity index (χ0v) is 10.2. The summed E-state index contributed by atoms with van der Waals surface area (Å²) < 4.78 is 19.2. The van der Waals surface area contributed by atoms with E-state index in [0.29, 0.717) is 11.3 Å². The normalized spacial score (nSPS) is 12.2. The Kier molecular flexibility index (Phi) is 3.58. The Hall–Kier alpha value is -1.94. The van der Waals surface area contributed by atoms with Crippen molar-refractivity contribution in [3.05, 3.63) is 53.6 Å². The molecule has 2 aromatic rings. The second-order valence-corrected chi connectivity index (χ2v) is 4.07. The lowest BCUT2D eigenvalue weighted by Gasteiger charge is -2.13. The van der Waals surface area contributed by atoms with Gasteiger partial charge in [-0.3, -0.25) is 4.98 Å². The number of hydrogen-bond donors (Lipinski definition) is 1. The first-order valence-corrected chi connectivity index (χ1v) is 5.65. The summed E-state index contributed by atoms with van der Waals surface area (Å²) >= 11 is 0. The van der Waals surface area contributed by atoms with Crippen molar-refractivity contribution < 1.29 is 14.2 Å². The average molecular weight is 247 g/mol. The van der Waals surface area contributed by atoms with Gasteiger partial charge in [-0.15, -0.1) is 0 Å². The van der Waals surface area contributed by atoms with Crippen molar-refractivity contribution in [1.82, 2.24) is 4.98 Å². The van der Waals surface area contributed by atoms with Crippen molar-refractivity contribution in [3.63, 3.8) is 0 Å². The minimum Gasteiger partial charge on any atom is -0.452 e. The van der Waals surface area contributed by atoms with Crippen molar-refractivity contribution in [2.45, 2.75) is 20.0 Å². The molecule has 18 heavy (non-hydrogen) atoms. The molecule has 3 nitrogen and oxygen atoms in total. The van der Waals surface area contributed by atoms with Crippen LogP contribution in [0.15, 0.2) is 36.5 Å². The standard InChI is InChI=1S/C14H14FNO2/c1-9-6-7-11(8-16-9)18-14-12(10(2)17)4-3-5-13(14)15/h3-8,10,17H,1-2H3/t10-/m1/s1. The quantitative estimate of drug-likeness (QED) is 0.904. The molecule has 0 saturated carbocycles. The maximum atomic E-state index is 13.7. The molecule has 1 aromatic heterocycles. The second kappa shape index (κ2) is 5.14. The molecule has 1 heterocycles. The molecule has 2 rings (SSSR count). The number of hydrogen-bond acceptors (Lipinski definition) is 3. The van der Waals surface area contributed by atoms with Crippen LogP contribution in [0, 0.1) is 12.7 Å². The molecule has 0 fully saturated rings. The molecule has 1 atom stereocenters. The number of nitrogens with zero attached hydrogens (tertiary/aromatic N) is 1. The molecule has 1 N–H and O–H groups in total. The van der Waals surface area contributed by atoms with Gasteiger partial charge in [0.25, 0.3) is 0 Å². The number of aromatic nitrogens is 1. The van der Waals surface area contributed by atoms with Crippen LogP contribution in [0.5, 0.6) is 11.5 Å². The molecule has 4 heteroatoms. The Bertz CT molecular complexity index is 538. The molecule has 0 unspecified atom stereocenters. The summed E-state index contributed by atoms with van der Waals surface area (Å²) in [6.45, 7) is 3.42. The van der Waals surface area contributed by atoms with Crippen LogP contribution in [0.4, 0.5) is 4.39 Å². The predicted octanol–water partition coefficient (Wildman–Crippen LogP) is 3.37. The Morgan fingerprint density at radius 2 is 2.06 bits per heavy atom. The lowest BCUT2D eigenvalue weighted by molar-refractivity contribution is 0.194. The highest BCUT2D eigenvalue weighted by Crippen LogP contribution is 2.31. The van der Waals surface area contributed by atoms with Gasteiger partial charge in [0.1, 0.15) is 5.75 Å². The number of halogens is 1. The fourth-order valence-corrected chi connectivity index (χ4v) is 1.59. The van der Waals surface area contributed by atoms with Gasteiger partial charge in [0.05, 0.1) is 12.3 Å². The van der Waals surface area contributed by atoms with Gasteiger partial charge >= 0.3 is 0 Å². The number of rotatable bonds is 3. The predicted molar refractivity (Wildman–Crippen MR) is 66.1 cm³/mol. The van der Waals surface area contributed by atoms with Gasteiger partial charge in [0, 0.05) is 11.3 Å². The van der Waals surface area contributed by atoms with E-state index in [4.69, 9.17) is 4.74 Å². The van der Waals surface area contributed by atoms with Gasteiger partial charge in [-0.2, -0.15) is 0 Å². The Labute approximate surface area is 105 Å². The molecular formula is C14H14FNO2. The third-order valence-corrected chi connectivity index (χ3v) is 2.55. The molecule has 1 aromatic carbocycles. The summed E-state index contributed by atoms with van der Waals surface area (Å²) in [5.41, 5.74) is 1.27. The van der Waals surface area contributed by atoms with Crippen molar-refractivity contribution in [2.75, 3.05) is 0 Å². The number of para-hydroxylation sites is 1. The monoisotopic (exact) mass is 247 g/mol. The van der Waals surface area contributed by atoms with E-state index in [1.165, 1.54) is 18.3 Å². The van der Waals surface area contributed by atoms with Crippen LogP contribution in [-0.2, 0) is 0 Å². The Morgan fingerprint density at radius 3 is 2.67 bits per heavy atom. The molecule has 0 amide bonds. The summed E-state index contributed by atoms with van der Waals surface area (Å²) in [5.74, 6) is -0.0280. The first-order chi connectivity index (χ1) is 8.58. The Balaban J connectivity index is 2.36. The van der Waals surface area contributed by atoms with Crippen LogP contribution >= 0.6 is 0 Å². The Morgan fingerprint density at radius 1 is 1.28 bits per heavy atom. The molecule has 0 radical (unpaired) electrons. The van der Waals surface area contributed by atoms with Crippen LogP contribution in [0.3, 0.4) is 0 Å². The first-order valence-electron chi connectivity index (χ1n) is 5.65. The zero-order chi connectivity index (χ0) is 13.1. The van der Waals surface area contributed by atoms with Crippen LogP contribution in [0.1, 0.15) is 24.3 Å². The van der Waals surface area contributed by atoms with Crippen LogP contribution < -0.4 is 4.74 Å². The SMILES string of the molecule is Cc1ccc(Oc2c(F)cccc2[C@@H](C)O)cn1. The number of benzene rings is 1. The molecule has 0 aliphatic heterocycles. The van der Waals surface area contributed by atoms with Gasteiger partial charge in [0.15, 0.2) is 11.6 Å². The minimum absolute atomic E-state index is 0.0400. The highest BCUT2D eigenvalue weighted by atomic mass is 19.1. The fourth-order valence-electron chi connectivity index (χ4n) is 1.59. The van der Waals surface area contributed by atoms with Gasteiger partial charge in [-0.1, -0.05) is 12.1 Å². The number of aliphatic hydroxyl groups excluding tert-OH is 1. The van der Waals surface area contributed by atoms with Crippen LogP contribution in [-0.4, -0.2) is 10.1 Å². The first kappa shape index (κ1) is 12.5. The molecular weight excluding hydrogens is 233 g/mol. The van der Waals surface area contributed by atoms with Crippen LogP contribution in [0.25, 0.3) is 0 Å². The molecule has 0 bridgehead atoms. The molecule has 0 spiro atoms. The fraction of sp³-hybridized carbons (Fsp3) is 0.214. The maximum absolute atomic E-state index is 13.7. The molecule has 94 valence electrons. The van der Waals surface area contributed by atoms with E-state index in [1.54, 1.807) is 25.1 Å². The van der Waals surface area contributed by atoms with Gasteiger partial charge < -0.3 is 9.84 Å². The highest BCUT2D eigenvalue weighted by molar-refractivity contribution is 5.39. The second-order valence-electron chi connectivity index (χ2n) is 4.07. The topological polar surface area (TPSA) is 42.4 Å². The number of pyridine rings is 1. The number of aryl methyl sites for hydroxylation is 1. The summed E-state index contributed by atoms with van der Waals surface area (Å²) in [5, 5.41) is 9.59. The van der Waals surface area contributed by atoms with Gasteiger partial charge in [0.2, 0.25) is 0 Å². The highest BCUT2D eigenvalue weighted by Gasteiger charge is 2.14. The molecule has 0 aliphatic rings. The third-order valence-electron chi connectivity index (χ3n) is 2.55. The van der Waals surface area contributed by atoms with E-state index in [2.05, 4.69) is 4.98 Å². The zero-order valence-electron chi connectivity index (χ0n) is 10.2. The van der Waals surface area contributed by atoms with Gasteiger partial charge in [-0.05, 0) is 32.0 Å². The van der Waals surface area contributed by atoms with E-state index in [-0.39, 0.29) is 5.75 Å². The van der Waals surface area contributed by atoms with Crippen molar-refractivity contribution in [2.24, 2.45) is 0 Å². The maximum Gasteiger partial charge on any atom is 0.168 e. The van der Waals surface area contributed by atoms with Crippen molar-refractivity contribution in [3.8, 4) is 11.5 Å². The van der Waals surface area contributed by atoms with Crippen molar-refractivity contribution in [1.29, 1.82) is 0 Å². The lowest BCUT2D eigenvalue weighted by atomic mass is 10.1. The summed E-state index contributed by atoms with van der Waals surface area (Å²) in [6.07, 6.45) is 0.724. The molecule has 0 saturated heterocycles. The minimum atomic E-state index is -0.797. The summed E-state index contributed by atoms with van der Waals surface area (Å²) in [7, 11) is 0. The number of aliphatic hydroxyl groups is 1. The lowest BCUT2D eigenvalue weighted by Crippen LogP contribution is -1.99. The third kappa shape index (κ3) is 2.65. The number of ether oxygens (including phenoxy) is 1. The summed E-state index contributed by atoms with van der Waals surface area (Å²) in [4.78, 5) is 4.07. The average Bonchev–Trinajstić information content (AvgIpc) is 2.34.